The van der Waals surface area contributed by atoms with Crippen LogP contribution in [0.25, 0.3) is 0 Å². The Kier molecular flexibility index (Phi) is 6.46. The molecule has 0 aliphatic rings. The normalized spacial score (nSPS) is 10.5. The highest BCUT2D eigenvalue weighted by Crippen LogP contribution is 2.09. The lowest BCUT2D eigenvalue weighted by molar-refractivity contribution is 0.190. The van der Waals surface area contributed by atoms with Crippen molar-refractivity contribution in [3.63, 3.8) is 0 Å². The van der Waals surface area contributed by atoms with Gasteiger partial charge in [-0.25, -0.2) is 4.98 Å². The summed E-state index contributed by atoms with van der Waals surface area (Å²) < 4.78 is 10.1. The maximum atomic E-state index is 9.03. The Morgan fingerprint density at radius 3 is 2.35 bits per heavy atom. The zero-order valence-electron chi connectivity index (χ0n) is 10.3. The van der Waals surface area contributed by atoms with Crippen molar-refractivity contribution >= 4 is 5.82 Å². The number of aromatic nitrogens is 2. The molecular weight excluding hydrogens is 222 g/mol. The van der Waals surface area contributed by atoms with Crippen LogP contribution in [0.4, 0.5) is 5.82 Å². The molecule has 6 heteroatoms. The van der Waals surface area contributed by atoms with Crippen molar-refractivity contribution in [2.75, 3.05) is 45.4 Å². The van der Waals surface area contributed by atoms with Gasteiger partial charge in [0.15, 0.2) is 0 Å². The third kappa shape index (κ3) is 4.64. The Bertz CT molecular complexity index is 315. The van der Waals surface area contributed by atoms with Crippen molar-refractivity contribution in [3.05, 3.63) is 18.1 Å². The van der Waals surface area contributed by atoms with Gasteiger partial charge < -0.3 is 19.5 Å². The van der Waals surface area contributed by atoms with E-state index in [4.69, 9.17) is 14.6 Å². The quantitative estimate of drug-likeness (QED) is 0.694. The van der Waals surface area contributed by atoms with Crippen LogP contribution in [0.15, 0.2) is 12.4 Å². The van der Waals surface area contributed by atoms with E-state index in [9.17, 15) is 0 Å². The van der Waals surface area contributed by atoms with Gasteiger partial charge in [-0.3, -0.25) is 4.98 Å². The van der Waals surface area contributed by atoms with Crippen molar-refractivity contribution in [1.82, 2.24) is 9.97 Å². The molecule has 0 bridgehead atoms. The van der Waals surface area contributed by atoms with E-state index in [0.717, 1.165) is 5.82 Å². The van der Waals surface area contributed by atoms with Crippen molar-refractivity contribution in [3.8, 4) is 0 Å². The van der Waals surface area contributed by atoms with Gasteiger partial charge in [-0.2, -0.15) is 0 Å². The number of aliphatic hydroxyl groups is 1. The van der Waals surface area contributed by atoms with E-state index in [1.165, 1.54) is 0 Å². The Balaban J connectivity index is 2.71. The SMILES string of the molecule is COCCN(CCOC)c1cncc(CO)n1. The zero-order valence-corrected chi connectivity index (χ0v) is 10.3. The van der Waals surface area contributed by atoms with Crippen molar-refractivity contribution in [1.29, 1.82) is 0 Å². The molecule has 1 N–H and O–H groups in total. The van der Waals surface area contributed by atoms with Gasteiger partial charge in [0.25, 0.3) is 0 Å². The van der Waals surface area contributed by atoms with Crippen LogP contribution in [0.3, 0.4) is 0 Å². The molecule has 0 radical (unpaired) electrons. The maximum absolute atomic E-state index is 9.03. The van der Waals surface area contributed by atoms with Crippen molar-refractivity contribution < 1.29 is 14.6 Å². The predicted molar refractivity (Wildman–Crippen MR) is 63.9 cm³/mol. The number of hydrogen-bond acceptors (Lipinski definition) is 6. The Labute approximate surface area is 101 Å². The van der Waals surface area contributed by atoms with Gasteiger partial charge in [0.05, 0.1) is 37.9 Å². The number of ether oxygens (including phenoxy) is 2. The molecule has 0 atom stereocenters. The number of nitrogens with zero attached hydrogens (tertiary/aromatic N) is 3. The first-order valence-corrected chi connectivity index (χ1v) is 5.46. The van der Waals surface area contributed by atoms with Gasteiger partial charge >= 0.3 is 0 Å². The minimum absolute atomic E-state index is 0.108. The first kappa shape index (κ1) is 13.8. The molecule has 1 aromatic heterocycles. The fraction of sp³-hybridized carbons (Fsp3) is 0.636. The van der Waals surface area contributed by atoms with Gasteiger partial charge in [0.1, 0.15) is 5.82 Å². The summed E-state index contributed by atoms with van der Waals surface area (Å²) in [6.07, 6.45) is 3.22. The average Bonchev–Trinajstić information content (AvgIpc) is 2.39. The molecule has 0 saturated carbocycles. The second-order valence-electron chi connectivity index (χ2n) is 3.50. The van der Waals surface area contributed by atoms with Crippen LogP contribution < -0.4 is 4.90 Å². The topological polar surface area (TPSA) is 67.7 Å². The Morgan fingerprint density at radius 1 is 1.18 bits per heavy atom. The van der Waals surface area contributed by atoms with Crippen LogP contribution in [0, 0.1) is 0 Å². The molecule has 0 unspecified atom stereocenters. The average molecular weight is 241 g/mol. The first-order valence-electron chi connectivity index (χ1n) is 5.46. The van der Waals surface area contributed by atoms with Gasteiger partial charge in [0.2, 0.25) is 0 Å². The number of rotatable bonds is 8. The van der Waals surface area contributed by atoms with Crippen LogP contribution >= 0.6 is 0 Å². The van der Waals surface area contributed by atoms with Crippen LogP contribution in [0.5, 0.6) is 0 Å². The third-order valence-electron chi connectivity index (χ3n) is 2.29. The van der Waals surface area contributed by atoms with E-state index < -0.39 is 0 Å². The molecule has 0 saturated heterocycles. The lowest BCUT2D eigenvalue weighted by Gasteiger charge is -2.22. The molecule has 0 amide bonds. The summed E-state index contributed by atoms with van der Waals surface area (Å²) >= 11 is 0. The van der Waals surface area contributed by atoms with Crippen LogP contribution in [-0.4, -0.2) is 55.6 Å². The Hall–Kier alpha value is -1.24. The highest BCUT2D eigenvalue weighted by atomic mass is 16.5. The standard InChI is InChI=1S/C11H19N3O3/c1-16-5-3-14(4-6-17-2)11-8-12-7-10(9-15)13-11/h7-8,15H,3-6,9H2,1-2H3. The molecule has 6 nitrogen and oxygen atoms in total. The predicted octanol–water partition coefficient (Wildman–Crippen LogP) is 0.0681. The zero-order chi connectivity index (χ0) is 12.5. The lowest BCUT2D eigenvalue weighted by Crippen LogP contribution is -2.31. The van der Waals surface area contributed by atoms with Crippen LogP contribution in [-0.2, 0) is 16.1 Å². The molecule has 96 valence electrons. The molecule has 0 fully saturated rings. The summed E-state index contributed by atoms with van der Waals surface area (Å²) in [5.74, 6) is 0.727. The van der Waals surface area contributed by atoms with E-state index in [0.29, 0.717) is 32.0 Å². The third-order valence-corrected chi connectivity index (χ3v) is 2.29. The summed E-state index contributed by atoms with van der Waals surface area (Å²) in [6.45, 7) is 2.53. The van der Waals surface area contributed by atoms with E-state index in [1.54, 1.807) is 26.6 Å². The van der Waals surface area contributed by atoms with E-state index in [-0.39, 0.29) is 6.61 Å². The van der Waals surface area contributed by atoms with E-state index in [1.807, 2.05) is 4.90 Å². The number of methoxy groups -OCH3 is 2. The molecule has 0 aromatic carbocycles. The maximum Gasteiger partial charge on any atom is 0.147 e. The minimum Gasteiger partial charge on any atom is -0.390 e. The molecule has 0 aliphatic heterocycles. The van der Waals surface area contributed by atoms with Gasteiger partial charge in [-0.15, -0.1) is 0 Å². The largest absolute Gasteiger partial charge is 0.390 e. The fourth-order valence-corrected chi connectivity index (χ4v) is 1.37. The molecule has 1 aromatic rings. The molecule has 0 spiro atoms. The fourth-order valence-electron chi connectivity index (χ4n) is 1.37. The summed E-state index contributed by atoms with van der Waals surface area (Å²) in [7, 11) is 3.31. The van der Waals surface area contributed by atoms with Crippen molar-refractivity contribution in [2.24, 2.45) is 0 Å². The summed E-state index contributed by atoms with van der Waals surface area (Å²) in [6, 6.07) is 0. The number of hydrogen-bond donors (Lipinski definition) is 1. The molecule has 1 heterocycles. The second kappa shape index (κ2) is 7.94. The van der Waals surface area contributed by atoms with E-state index >= 15 is 0 Å². The van der Waals surface area contributed by atoms with Crippen LogP contribution in [0.1, 0.15) is 5.69 Å². The smallest absolute Gasteiger partial charge is 0.147 e. The first-order chi connectivity index (χ1) is 8.31. The second-order valence-corrected chi connectivity index (χ2v) is 3.50. The van der Waals surface area contributed by atoms with Gasteiger partial charge in [0, 0.05) is 27.3 Å². The van der Waals surface area contributed by atoms with E-state index in [2.05, 4.69) is 9.97 Å². The highest BCUT2D eigenvalue weighted by Gasteiger charge is 2.08. The summed E-state index contributed by atoms with van der Waals surface area (Å²) in [5.41, 5.74) is 0.558. The minimum atomic E-state index is -0.108. The molecule has 17 heavy (non-hydrogen) atoms. The highest BCUT2D eigenvalue weighted by molar-refractivity contribution is 5.36. The lowest BCUT2D eigenvalue weighted by atomic mass is 10.4. The van der Waals surface area contributed by atoms with Gasteiger partial charge in [-0.1, -0.05) is 0 Å². The molecule has 0 aliphatic carbocycles. The summed E-state index contributed by atoms with van der Waals surface area (Å²) in [4.78, 5) is 10.4. The monoisotopic (exact) mass is 241 g/mol. The molecule has 1 rings (SSSR count). The Morgan fingerprint density at radius 2 is 1.82 bits per heavy atom. The van der Waals surface area contributed by atoms with Gasteiger partial charge in [-0.05, 0) is 0 Å². The number of aliphatic hydroxyl groups excluding tert-OH is 1. The summed E-state index contributed by atoms with van der Waals surface area (Å²) in [5, 5.41) is 9.03. The van der Waals surface area contributed by atoms with Crippen molar-refractivity contribution in [2.45, 2.75) is 6.61 Å². The molecular formula is C11H19N3O3. The van der Waals surface area contributed by atoms with Crippen LogP contribution in [0.2, 0.25) is 0 Å². The number of anilines is 1.